The molecule has 0 aliphatic carbocycles. The molecule has 5 heteroatoms. The van der Waals surface area contributed by atoms with Crippen LogP contribution < -0.4 is 4.74 Å². The molecule has 0 amide bonds. The SMILES string of the molecule is CC.CC.CC.CC(Oc1ccc2cncc(-c3ccc(C#N)cc3)c2c1)C(=O)O. The van der Waals surface area contributed by atoms with E-state index in [-0.39, 0.29) is 0 Å². The Morgan fingerprint density at radius 1 is 1.00 bits per heavy atom. The molecule has 3 aromatic rings. The average molecular weight is 409 g/mol. The molecule has 2 aromatic carbocycles. The molecular formula is C25H32N2O3. The summed E-state index contributed by atoms with van der Waals surface area (Å²) in [5.41, 5.74) is 2.41. The van der Waals surface area contributed by atoms with E-state index in [1.54, 1.807) is 30.6 Å². The first-order chi connectivity index (χ1) is 14.6. The smallest absolute Gasteiger partial charge is 0.344 e. The molecule has 0 saturated heterocycles. The Morgan fingerprint density at radius 3 is 2.13 bits per heavy atom. The van der Waals surface area contributed by atoms with Gasteiger partial charge in [-0.1, -0.05) is 53.7 Å². The number of nitrogens with zero attached hydrogens (tertiary/aromatic N) is 2. The lowest BCUT2D eigenvalue weighted by molar-refractivity contribution is -0.144. The monoisotopic (exact) mass is 408 g/mol. The molecule has 160 valence electrons. The lowest BCUT2D eigenvalue weighted by Gasteiger charge is -2.12. The molecule has 0 aliphatic rings. The third-order valence-electron chi connectivity index (χ3n) is 3.72. The standard InChI is InChI=1S/C19H14N2O3.3C2H6/c1-12(19(22)23)24-16-7-6-15-10-21-11-18(17(15)8-16)14-4-2-13(9-20)3-5-14;3*1-2/h2-8,10-12H,1H3,(H,22,23);3*1-2H3. The van der Waals surface area contributed by atoms with Crippen molar-refractivity contribution in [2.45, 2.75) is 54.6 Å². The van der Waals surface area contributed by atoms with Gasteiger partial charge in [0.15, 0.2) is 6.10 Å². The molecule has 0 radical (unpaired) electrons. The van der Waals surface area contributed by atoms with Gasteiger partial charge in [0.05, 0.1) is 11.6 Å². The van der Waals surface area contributed by atoms with Gasteiger partial charge in [0.2, 0.25) is 0 Å². The highest BCUT2D eigenvalue weighted by Gasteiger charge is 2.13. The molecule has 1 N–H and O–H groups in total. The number of carboxylic acids is 1. The maximum Gasteiger partial charge on any atom is 0.344 e. The van der Waals surface area contributed by atoms with Gasteiger partial charge in [0.1, 0.15) is 5.75 Å². The minimum absolute atomic E-state index is 0.485. The predicted octanol–water partition coefficient (Wildman–Crippen LogP) is 6.70. The number of carboxylic acid groups (broad SMARTS) is 1. The maximum absolute atomic E-state index is 11.0. The van der Waals surface area contributed by atoms with Gasteiger partial charge in [-0.3, -0.25) is 4.98 Å². The van der Waals surface area contributed by atoms with E-state index in [1.807, 2.05) is 65.8 Å². The van der Waals surface area contributed by atoms with Crippen molar-refractivity contribution in [3.8, 4) is 22.9 Å². The largest absolute Gasteiger partial charge is 0.479 e. The Morgan fingerprint density at radius 2 is 1.60 bits per heavy atom. The molecule has 1 atom stereocenters. The molecule has 0 bridgehead atoms. The van der Waals surface area contributed by atoms with Gasteiger partial charge in [-0.25, -0.2) is 4.79 Å². The summed E-state index contributed by atoms with van der Waals surface area (Å²) in [6, 6.07) is 14.7. The van der Waals surface area contributed by atoms with Crippen LogP contribution in [-0.2, 0) is 4.79 Å². The number of nitriles is 1. The number of aromatic nitrogens is 1. The van der Waals surface area contributed by atoms with Crippen LogP contribution in [0.2, 0.25) is 0 Å². The van der Waals surface area contributed by atoms with Crippen molar-refractivity contribution in [2.75, 3.05) is 0 Å². The number of fused-ring (bicyclic) bond motifs is 1. The average Bonchev–Trinajstić information content (AvgIpc) is 2.82. The van der Waals surface area contributed by atoms with Gasteiger partial charge in [-0.2, -0.15) is 5.26 Å². The quantitative estimate of drug-likeness (QED) is 0.519. The van der Waals surface area contributed by atoms with Crippen molar-refractivity contribution in [3.63, 3.8) is 0 Å². The topological polar surface area (TPSA) is 83.2 Å². The molecule has 1 unspecified atom stereocenters. The van der Waals surface area contributed by atoms with E-state index in [1.165, 1.54) is 6.92 Å². The second-order valence-electron chi connectivity index (χ2n) is 5.36. The number of rotatable bonds is 4. The normalized spacial score (nSPS) is 9.93. The van der Waals surface area contributed by atoms with E-state index in [4.69, 9.17) is 15.1 Å². The van der Waals surface area contributed by atoms with E-state index in [9.17, 15) is 4.79 Å². The number of pyridine rings is 1. The van der Waals surface area contributed by atoms with Crippen molar-refractivity contribution in [2.24, 2.45) is 0 Å². The summed E-state index contributed by atoms with van der Waals surface area (Å²) < 4.78 is 5.45. The highest BCUT2D eigenvalue weighted by atomic mass is 16.5. The number of hydrogen-bond donors (Lipinski definition) is 1. The fraction of sp³-hybridized carbons (Fsp3) is 0.320. The summed E-state index contributed by atoms with van der Waals surface area (Å²) >= 11 is 0. The molecule has 0 fully saturated rings. The molecule has 5 nitrogen and oxygen atoms in total. The Balaban J connectivity index is 0.00000129. The van der Waals surface area contributed by atoms with Gasteiger partial charge in [0.25, 0.3) is 0 Å². The van der Waals surface area contributed by atoms with Crippen LogP contribution in [0.4, 0.5) is 0 Å². The number of hydrogen-bond acceptors (Lipinski definition) is 4. The molecular weight excluding hydrogens is 376 g/mol. The summed E-state index contributed by atoms with van der Waals surface area (Å²) in [5, 5.41) is 19.7. The first-order valence-electron chi connectivity index (χ1n) is 10.4. The first kappa shape index (κ1) is 26.6. The van der Waals surface area contributed by atoms with Crippen LogP contribution >= 0.6 is 0 Å². The highest BCUT2D eigenvalue weighted by Crippen LogP contribution is 2.31. The molecule has 3 rings (SSSR count). The second-order valence-corrected chi connectivity index (χ2v) is 5.36. The predicted molar refractivity (Wildman–Crippen MR) is 124 cm³/mol. The van der Waals surface area contributed by atoms with Crippen LogP contribution in [0.5, 0.6) is 5.75 Å². The lowest BCUT2D eigenvalue weighted by Crippen LogP contribution is -2.22. The molecule has 0 aliphatic heterocycles. The van der Waals surface area contributed by atoms with Gasteiger partial charge < -0.3 is 9.84 Å². The Kier molecular flexibility index (Phi) is 12.9. The number of aliphatic carboxylic acids is 1. The van der Waals surface area contributed by atoms with E-state index >= 15 is 0 Å². The van der Waals surface area contributed by atoms with Crippen molar-refractivity contribution < 1.29 is 14.6 Å². The number of ether oxygens (including phenoxy) is 1. The molecule has 30 heavy (non-hydrogen) atoms. The van der Waals surface area contributed by atoms with Crippen LogP contribution in [0, 0.1) is 11.3 Å². The van der Waals surface area contributed by atoms with Crippen molar-refractivity contribution >= 4 is 16.7 Å². The Labute approximate surface area is 180 Å². The minimum atomic E-state index is -1.02. The zero-order chi connectivity index (χ0) is 23.1. The second kappa shape index (κ2) is 14.6. The van der Waals surface area contributed by atoms with Crippen LogP contribution in [0.1, 0.15) is 54.0 Å². The van der Waals surface area contributed by atoms with Gasteiger partial charge >= 0.3 is 5.97 Å². The van der Waals surface area contributed by atoms with Gasteiger partial charge in [-0.05, 0) is 48.2 Å². The molecule has 1 aromatic heterocycles. The first-order valence-corrected chi connectivity index (χ1v) is 10.4. The van der Waals surface area contributed by atoms with Crippen molar-refractivity contribution in [3.05, 3.63) is 60.4 Å². The molecule has 1 heterocycles. The van der Waals surface area contributed by atoms with Gasteiger partial charge in [0, 0.05) is 23.3 Å². The fourth-order valence-electron chi connectivity index (χ4n) is 2.43. The van der Waals surface area contributed by atoms with Crippen LogP contribution in [0.25, 0.3) is 21.9 Å². The summed E-state index contributed by atoms with van der Waals surface area (Å²) in [6.07, 6.45) is 2.56. The van der Waals surface area contributed by atoms with E-state index in [0.29, 0.717) is 11.3 Å². The summed E-state index contributed by atoms with van der Waals surface area (Å²) in [7, 11) is 0. The summed E-state index contributed by atoms with van der Waals surface area (Å²) in [5.74, 6) is -0.532. The molecule has 0 spiro atoms. The maximum atomic E-state index is 11.0. The van der Waals surface area contributed by atoms with E-state index in [2.05, 4.69) is 11.1 Å². The fourth-order valence-corrected chi connectivity index (χ4v) is 2.43. The Bertz CT molecular complexity index is 945. The van der Waals surface area contributed by atoms with Crippen molar-refractivity contribution in [1.29, 1.82) is 5.26 Å². The number of carbonyl (C=O) groups is 1. The highest BCUT2D eigenvalue weighted by molar-refractivity contribution is 5.96. The zero-order valence-electron chi connectivity index (χ0n) is 18.9. The third kappa shape index (κ3) is 7.21. The van der Waals surface area contributed by atoms with E-state index in [0.717, 1.165) is 21.9 Å². The minimum Gasteiger partial charge on any atom is -0.479 e. The zero-order valence-corrected chi connectivity index (χ0v) is 18.9. The third-order valence-corrected chi connectivity index (χ3v) is 3.72. The lowest BCUT2D eigenvalue weighted by atomic mass is 10.00. The number of benzene rings is 2. The van der Waals surface area contributed by atoms with Crippen LogP contribution in [0.15, 0.2) is 54.9 Å². The van der Waals surface area contributed by atoms with Gasteiger partial charge in [-0.15, -0.1) is 0 Å². The summed E-state index contributed by atoms with van der Waals surface area (Å²) in [4.78, 5) is 15.2. The Hall–Kier alpha value is -3.39. The summed E-state index contributed by atoms with van der Waals surface area (Å²) in [6.45, 7) is 13.5. The van der Waals surface area contributed by atoms with Crippen LogP contribution in [0.3, 0.4) is 0 Å². The van der Waals surface area contributed by atoms with E-state index < -0.39 is 12.1 Å². The molecule has 0 saturated carbocycles. The van der Waals surface area contributed by atoms with Crippen LogP contribution in [-0.4, -0.2) is 22.2 Å². The van der Waals surface area contributed by atoms with Crippen molar-refractivity contribution in [1.82, 2.24) is 4.98 Å².